The van der Waals surface area contributed by atoms with E-state index in [1.807, 2.05) is 4.90 Å². The van der Waals surface area contributed by atoms with Crippen LogP contribution in [-0.2, 0) is 16.1 Å². The number of carbonyl (C=O) groups excluding carboxylic acids is 1. The minimum absolute atomic E-state index is 0.00580. The third kappa shape index (κ3) is 6.66. The molecule has 6 heteroatoms. The zero-order chi connectivity index (χ0) is 15.7. The summed E-state index contributed by atoms with van der Waals surface area (Å²) in [6.45, 7) is 3.75. The lowest BCUT2D eigenvalue weighted by Gasteiger charge is -2.20. The van der Waals surface area contributed by atoms with Gasteiger partial charge in [-0.3, -0.25) is 9.69 Å². The second-order valence-corrected chi connectivity index (χ2v) is 4.85. The van der Waals surface area contributed by atoms with Crippen LogP contribution in [0.1, 0.15) is 11.1 Å². The molecule has 0 heterocycles. The van der Waals surface area contributed by atoms with E-state index in [2.05, 4.69) is 5.32 Å². The molecule has 0 spiro atoms. The summed E-state index contributed by atoms with van der Waals surface area (Å²) in [4.78, 5) is 13.7. The number of aliphatic hydroxyl groups is 1. The lowest BCUT2D eigenvalue weighted by molar-refractivity contribution is -0.122. The van der Waals surface area contributed by atoms with Crippen molar-refractivity contribution in [2.45, 2.75) is 13.5 Å². The van der Waals surface area contributed by atoms with Crippen molar-refractivity contribution in [1.82, 2.24) is 10.2 Å². The number of ether oxygens (including phenoxy) is 1. The van der Waals surface area contributed by atoms with Crippen molar-refractivity contribution >= 4 is 5.91 Å². The molecule has 1 rings (SSSR count). The van der Waals surface area contributed by atoms with Crippen LogP contribution in [0.25, 0.3) is 0 Å². The average molecular weight is 298 g/mol. The van der Waals surface area contributed by atoms with Crippen molar-refractivity contribution in [2.75, 3.05) is 40.0 Å². The Morgan fingerprint density at radius 2 is 2.19 bits per heavy atom. The first-order chi connectivity index (χ1) is 10.1. The summed E-state index contributed by atoms with van der Waals surface area (Å²) >= 11 is 0. The predicted molar refractivity (Wildman–Crippen MR) is 78.4 cm³/mol. The van der Waals surface area contributed by atoms with E-state index in [1.54, 1.807) is 26.2 Å². The molecule has 1 amide bonds. The molecule has 0 saturated heterocycles. The number of nitrogens with zero attached hydrogens (tertiary/aromatic N) is 1. The third-order valence-corrected chi connectivity index (χ3v) is 3.11. The maximum absolute atomic E-state index is 13.1. The van der Waals surface area contributed by atoms with Gasteiger partial charge >= 0.3 is 0 Å². The van der Waals surface area contributed by atoms with Gasteiger partial charge in [-0.2, -0.15) is 0 Å². The van der Waals surface area contributed by atoms with Crippen LogP contribution < -0.4 is 5.32 Å². The van der Waals surface area contributed by atoms with Crippen LogP contribution in [-0.4, -0.2) is 55.9 Å². The maximum atomic E-state index is 13.1. The van der Waals surface area contributed by atoms with Gasteiger partial charge in [0.2, 0.25) is 5.91 Å². The van der Waals surface area contributed by atoms with Crippen LogP contribution in [0.5, 0.6) is 0 Å². The van der Waals surface area contributed by atoms with Gasteiger partial charge in [0.15, 0.2) is 0 Å². The first-order valence-corrected chi connectivity index (χ1v) is 6.90. The summed E-state index contributed by atoms with van der Waals surface area (Å²) < 4.78 is 18.1. The van der Waals surface area contributed by atoms with Gasteiger partial charge in [-0.05, 0) is 24.1 Å². The Hall–Kier alpha value is -1.50. The fourth-order valence-electron chi connectivity index (χ4n) is 1.91. The highest BCUT2D eigenvalue weighted by Crippen LogP contribution is 2.08. The second kappa shape index (κ2) is 9.44. The zero-order valence-electron chi connectivity index (χ0n) is 12.6. The van der Waals surface area contributed by atoms with E-state index in [1.165, 1.54) is 6.07 Å². The molecule has 0 aliphatic carbocycles. The topological polar surface area (TPSA) is 61.8 Å². The number of nitrogens with one attached hydrogen (secondary N) is 1. The molecule has 0 aliphatic rings. The molecule has 0 atom stereocenters. The van der Waals surface area contributed by atoms with Crippen LogP contribution in [0.3, 0.4) is 0 Å². The first-order valence-electron chi connectivity index (χ1n) is 6.90. The number of methoxy groups -OCH3 is 1. The van der Waals surface area contributed by atoms with Crippen LogP contribution in [0.2, 0.25) is 0 Å². The normalized spacial score (nSPS) is 10.9. The molecule has 0 saturated carbocycles. The summed E-state index contributed by atoms with van der Waals surface area (Å²) in [6, 6.07) is 4.76. The van der Waals surface area contributed by atoms with Gasteiger partial charge in [0.05, 0.1) is 19.8 Å². The van der Waals surface area contributed by atoms with Crippen molar-refractivity contribution < 1.29 is 19.0 Å². The molecule has 2 N–H and O–H groups in total. The van der Waals surface area contributed by atoms with E-state index in [0.717, 1.165) is 5.56 Å². The highest BCUT2D eigenvalue weighted by Gasteiger charge is 2.10. The van der Waals surface area contributed by atoms with Crippen LogP contribution in [0, 0.1) is 12.7 Å². The lowest BCUT2D eigenvalue weighted by Crippen LogP contribution is -2.39. The quantitative estimate of drug-likeness (QED) is 0.704. The Balaban J connectivity index is 2.42. The van der Waals surface area contributed by atoms with Crippen molar-refractivity contribution in [3.8, 4) is 0 Å². The molecule has 0 bridgehead atoms. The van der Waals surface area contributed by atoms with E-state index < -0.39 is 0 Å². The molecule has 0 aliphatic heterocycles. The highest BCUT2D eigenvalue weighted by molar-refractivity contribution is 5.78. The first kappa shape index (κ1) is 17.6. The summed E-state index contributed by atoms with van der Waals surface area (Å²) in [5.41, 5.74) is 1.41. The minimum Gasteiger partial charge on any atom is -0.395 e. The smallest absolute Gasteiger partial charge is 0.234 e. The van der Waals surface area contributed by atoms with Crippen molar-refractivity contribution in [1.29, 1.82) is 0 Å². The number of benzene rings is 1. The van der Waals surface area contributed by atoms with Gasteiger partial charge in [0.1, 0.15) is 5.82 Å². The number of aryl methyl sites for hydroxylation is 1. The maximum Gasteiger partial charge on any atom is 0.234 e. The molecule has 21 heavy (non-hydrogen) atoms. The third-order valence-electron chi connectivity index (χ3n) is 3.11. The number of halogens is 1. The number of hydrogen-bond acceptors (Lipinski definition) is 4. The van der Waals surface area contributed by atoms with E-state index in [-0.39, 0.29) is 24.9 Å². The SMILES string of the molecule is COCCN(CCO)CC(=O)NCc1ccc(F)c(C)c1. The minimum atomic E-state index is -0.251. The molecule has 0 aromatic heterocycles. The lowest BCUT2D eigenvalue weighted by atomic mass is 10.1. The van der Waals surface area contributed by atoms with Gasteiger partial charge in [-0.1, -0.05) is 12.1 Å². The predicted octanol–water partition coefficient (Wildman–Crippen LogP) is 0.691. The fourth-order valence-corrected chi connectivity index (χ4v) is 1.91. The summed E-state index contributed by atoms with van der Waals surface area (Å²) in [7, 11) is 1.59. The number of carbonyl (C=O) groups is 1. The largest absolute Gasteiger partial charge is 0.395 e. The summed E-state index contributed by atoms with van der Waals surface area (Å²) in [5.74, 6) is -0.389. The molecule has 5 nitrogen and oxygen atoms in total. The molecule has 1 aromatic carbocycles. The van der Waals surface area contributed by atoms with Crippen molar-refractivity contribution in [3.63, 3.8) is 0 Å². The summed E-state index contributed by atoms with van der Waals surface area (Å²) in [5, 5.41) is 11.7. The zero-order valence-corrected chi connectivity index (χ0v) is 12.6. The van der Waals surface area contributed by atoms with E-state index in [9.17, 15) is 9.18 Å². The average Bonchev–Trinajstić information content (AvgIpc) is 2.46. The van der Waals surface area contributed by atoms with Crippen LogP contribution in [0.4, 0.5) is 4.39 Å². The molecule has 0 unspecified atom stereocenters. The van der Waals surface area contributed by atoms with Crippen molar-refractivity contribution in [2.24, 2.45) is 0 Å². The molecular weight excluding hydrogens is 275 g/mol. The Morgan fingerprint density at radius 3 is 2.81 bits per heavy atom. The van der Waals surface area contributed by atoms with Gasteiger partial charge in [0, 0.05) is 26.7 Å². The number of hydrogen-bond donors (Lipinski definition) is 2. The highest BCUT2D eigenvalue weighted by atomic mass is 19.1. The number of aliphatic hydroxyl groups excluding tert-OH is 1. The monoisotopic (exact) mass is 298 g/mol. The molecule has 118 valence electrons. The van der Waals surface area contributed by atoms with E-state index in [0.29, 0.717) is 31.8 Å². The summed E-state index contributed by atoms with van der Waals surface area (Å²) in [6.07, 6.45) is 0. The van der Waals surface area contributed by atoms with Crippen molar-refractivity contribution in [3.05, 3.63) is 35.1 Å². The molecule has 0 fully saturated rings. The molecule has 1 aromatic rings. The Labute approximate surface area is 124 Å². The standard InChI is InChI=1S/C15H23FN2O3/c1-12-9-13(3-4-14(12)16)10-17-15(20)11-18(5-7-19)6-8-21-2/h3-4,9,19H,5-8,10-11H2,1-2H3,(H,17,20). The molecule has 0 radical (unpaired) electrons. The van der Waals surface area contributed by atoms with Gasteiger partial charge in [-0.15, -0.1) is 0 Å². The number of rotatable bonds is 9. The fraction of sp³-hybridized carbons (Fsp3) is 0.533. The van der Waals surface area contributed by atoms with Gasteiger partial charge in [-0.25, -0.2) is 4.39 Å². The van der Waals surface area contributed by atoms with Gasteiger partial charge < -0.3 is 15.2 Å². The van der Waals surface area contributed by atoms with Gasteiger partial charge in [0.25, 0.3) is 0 Å². The van der Waals surface area contributed by atoms with E-state index in [4.69, 9.17) is 9.84 Å². The Kier molecular flexibility index (Phi) is 7.89. The number of amides is 1. The van der Waals surface area contributed by atoms with Crippen LogP contribution >= 0.6 is 0 Å². The molecular formula is C15H23FN2O3. The Bertz CT molecular complexity index is 455. The van der Waals surface area contributed by atoms with E-state index >= 15 is 0 Å². The van der Waals surface area contributed by atoms with Crippen LogP contribution in [0.15, 0.2) is 18.2 Å². The second-order valence-electron chi connectivity index (χ2n) is 4.85. The Morgan fingerprint density at radius 1 is 1.43 bits per heavy atom.